The van der Waals surface area contributed by atoms with Crippen molar-refractivity contribution in [2.24, 2.45) is 5.92 Å². The van der Waals surface area contributed by atoms with Crippen molar-refractivity contribution in [2.75, 3.05) is 19.7 Å². The first kappa shape index (κ1) is 18.2. The monoisotopic (exact) mass is 380 g/mol. The van der Waals surface area contributed by atoms with Gasteiger partial charge in [0, 0.05) is 19.0 Å². The number of halogens is 1. The molecule has 0 spiro atoms. The number of aromatic nitrogens is 3. The Morgan fingerprint density at radius 3 is 2.68 bits per heavy atom. The van der Waals surface area contributed by atoms with Crippen LogP contribution in [-0.2, 0) is 0 Å². The summed E-state index contributed by atoms with van der Waals surface area (Å²) in [6, 6.07) is 13.8. The van der Waals surface area contributed by atoms with E-state index in [4.69, 9.17) is 4.74 Å². The molecule has 1 aliphatic heterocycles. The van der Waals surface area contributed by atoms with Crippen molar-refractivity contribution < 1.29 is 13.9 Å². The average Bonchev–Trinajstić information content (AvgIpc) is 3.28. The molecule has 144 valence electrons. The number of hydrogen-bond acceptors (Lipinski definition) is 4. The Morgan fingerprint density at radius 1 is 1.11 bits per heavy atom. The highest BCUT2D eigenvalue weighted by Gasteiger charge is 2.26. The van der Waals surface area contributed by atoms with Gasteiger partial charge in [0.1, 0.15) is 12.7 Å². The first-order valence-corrected chi connectivity index (χ1v) is 9.33. The van der Waals surface area contributed by atoms with E-state index >= 15 is 0 Å². The lowest BCUT2D eigenvalue weighted by Crippen LogP contribution is -2.41. The SMILES string of the molecule is O=C(c1ccccc1-n1cnnc1)N1CCCC(COc2ccccc2F)C1. The van der Waals surface area contributed by atoms with E-state index in [1.807, 2.05) is 29.2 Å². The van der Waals surface area contributed by atoms with Gasteiger partial charge in [-0.25, -0.2) is 4.39 Å². The van der Waals surface area contributed by atoms with Gasteiger partial charge in [-0.2, -0.15) is 0 Å². The number of benzene rings is 2. The highest BCUT2D eigenvalue weighted by atomic mass is 19.1. The number of ether oxygens (including phenoxy) is 1. The number of para-hydroxylation sites is 2. The highest BCUT2D eigenvalue weighted by Crippen LogP contribution is 2.23. The molecule has 0 saturated carbocycles. The molecule has 0 bridgehead atoms. The second-order valence-corrected chi connectivity index (χ2v) is 6.89. The predicted molar refractivity (Wildman–Crippen MR) is 102 cm³/mol. The molecular formula is C21H21FN4O2. The number of carbonyl (C=O) groups excluding carboxylic acids is 1. The van der Waals surface area contributed by atoms with Crippen LogP contribution in [0.5, 0.6) is 5.75 Å². The van der Waals surface area contributed by atoms with E-state index < -0.39 is 0 Å². The van der Waals surface area contributed by atoms with Gasteiger partial charge < -0.3 is 9.64 Å². The Kier molecular flexibility index (Phi) is 5.32. The van der Waals surface area contributed by atoms with Gasteiger partial charge in [-0.15, -0.1) is 10.2 Å². The van der Waals surface area contributed by atoms with Gasteiger partial charge >= 0.3 is 0 Å². The fraction of sp³-hybridized carbons (Fsp3) is 0.286. The summed E-state index contributed by atoms with van der Waals surface area (Å²) in [5.41, 5.74) is 1.36. The van der Waals surface area contributed by atoms with Gasteiger partial charge in [-0.3, -0.25) is 9.36 Å². The van der Waals surface area contributed by atoms with Crippen LogP contribution in [0.4, 0.5) is 4.39 Å². The Bertz CT molecular complexity index is 945. The number of carbonyl (C=O) groups is 1. The lowest BCUT2D eigenvalue weighted by atomic mass is 9.98. The molecule has 0 aliphatic carbocycles. The van der Waals surface area contributed by atoms with E-state index in [-0.39, 0.29) is 23.4 Å². The molecule has 6 nitrogen and oxygen atoms in total. The maximum atomic E-state index is 13.7. The minimum absolute atomic E-state index is 0.0279. The van der Waals surface area contributed by atoms with Crippen LogP contribution in [0.25, 0.3) is 5.69 Å². The van der Waals surface area contributed by atoms with Crippen LogP contribution in [0.3, 0.4) is 0 Å². The Morgan fingerprint density at radius 2 is 1.86 bits per heavy atom. The molecule has 3 aromatic rings. The molecule has 1 fully saturated rings. The van der Waals surface area contributed by atoms with Crippen LogP contribution < -0.4 is 4.74 Å². The quantitative estimate of drug-likeness (QED) is 0.681. The zero-order chi connectivity index (χ0) is 19.3. The van der Waals surface area contributed by atoms with Gasteiger partial charge in [0.15, 0.2) is 11.6 Å². The van der Waals surface area contributed by atoms with E-state index in [1.54, 1.807) is 35.4 Å². The van der Waals surface area contributed by atoms with E-state index in [2.05, 4.69) is 10.2 Å². The Labute approximate surface area is 162 Å². The molecule has 1 unspecified atom stereocenters. The first-order valence-electron chi connectivity index (χ1n) is 9.33. The van der Waals surface area contributed by atoms with Crippen molar-refractivity contribution >= 4 is 5.91 Å². The molecule has 2 heterocycles. The number of piperidine rings is 1. The minimum atomic E-state index is -0.367. The van der Waals surface area contributed by atoms with Crippen molar-refractivity contribution in [1.29, 1.82) is 0 Å². The van der Waals surface area contributed by atoms with Gasteiger partial charge in [0.2, 0.25) is 0 Å². The molecular weight excluding hydrogens is 359 g/mol. The Hall–Kier alpha value is -3.22. The van der Waals surface area contributed by atoms with Gasteiger partial charge in [0.25, 0.3) is 5.91 Å². The third kappa shape index (κ3) is 3.88. The summed E-state index contributed by atoms with van der Waals surface area (Å²) in [5.74, 6) is 0.0253. The number of amides is 1. The lowest BCUT2D eigenvalue weighted by molar-refractivity contribution is 0.0631. The Balaban J connectivity index is 1.45. The van der Waals surface area contributed by atoms with Crippen LogP contribution >= 0.6 is 0 Å². The summed E-state index contributed by atoms with van der Waals surface area (Å²) >= 11 is 0. The lowest BCUT2D eigenvalue weighted by Gasteiger charge is -2.33. The largest absolute Gasteiger partial charge is 0.490 e. The summed E-state index contributed by atoms with van der Waals surface area (Å²) in [7, 11) is 0. The zero-order valence-corrected chi connectivity index (χ0v) is 15.4. The van der Waals surface area contributed by atoms with E-state index in [0.29, 0.717) is 25.3 Å². The topological polar surface area (TPSA) is 60.2 Å². The summed E-state index contributed by atoms with van der Waals surface area (Å²) < 4.78 is 21.1. The van der Waals surface area contributed by atoms with Crippen molar-refractivity contribution in [1.82, 2.24) is 19.7 Å². The molecule has 0 radical (unpaired) electrons. The maximum absolute atomic E-state index is 13.7. The fourth-order valence-corrected chi connectivity index (χ4v) is 3.53. The molecule has 28 heavy (non-hydrogen) atoms. The van der Waals surface area contributed by atoms with Gasteiger partial charge in [-0.1, -0.05) is 24.3 Å². The molecule has 2 aromatic carbocycles. The van der Waals surface area contributed by atoms with Crippen LogP contribution in [0.15, 0.2) is 61.2 Å². The fourth-order valence-electron chi connectivity index (χ4n) is 3.53. The normalized spacial score (nSPS) is 16.8. The van der Waals surface area contributed by atoms with Crippen LogP contribution in [-0.4, -0.2) is 45.3 Å². The molecule has 4 rings (SSSR count). The van der Waals surface area contributed by atoms with Gasteiger partial charge in [0.05, 0.1) is 17.9 Å². The number of hydrogen-bond donors (Lipinski definition) is 0. The zero-order valence-electron chi connectivity index (χ0n) is 15.4. The number of nitrogens with zero attached hydrogens (tertiary/aromatic N) is 4. The van der Waals surface area contributed by atoms with Gasteiger partial charge in [-0.05, 0) is 37.1 Å². The van der Waals surface area contributed by atoms with Crippen LogP contribution in [0.2, 0.25) is 0 Å². The molecule has 1 aliphatic rings. The number of likely N-dealkylation sites (tertiary alicyclic amines) is 1. The van der Waals surface area contributed by atoms with E-state index in [0.717, 1.165) is 18.5 Å². The third-order valence-corrected chi connectivity index (χ3v) is 4.95. The predicted octanol–water partition coefficient (Wildman–Crippen LogP) is 3.34. The van der Waals surface area contributed by atoms with Crippen molar-refractivity contribution in [3.8, 4) is 11.4 Å². The molecule has 1 aromatic heterocycles. The molecule has 1 amide bonds. The molecule has 7 heteroatoms. The van der Waals surface area contributed by atoms with Crippen molar-refractivity contribution in [3.63, 3.8) is 0 Å². The maximum Gasteiger partial charge on any atom is 0.255 e. The third-order valence-electron chi connectivity index (χ3n) is 4.95. The second-order valence-electron chi connectivity index (χ2n) is 6.89. The minimum Gasteiger partial charge on any atom is -0.490 e. The summed E-state index contributed by atoms with van der Waals surface area (Å²) in [4.78, 5) is 15.0. The van der Waals surface area contributed by atoms with Crippen LogP contribution in [0.1, 0.15) is 23.2 Å². The average molecular weight is 380 g/mol. The summed E-state index contributed by atoms with van der Waals surface area (Å²) in [6.07, 6.45) is 5.00. The van der Waals surface area contributed by atoms with Crippen molar-refractivity contribution in [3.05, 3.63) is 72.6 Å². The van der Waals surface area contributed by atoms with Crippen LogP contribution in [0, 0.1) is 11.7 Å². The molecule has 1 saturated heterocycles. The molecule has 1 atom stereocenters. The summed E-state index contributed by atoms with van der Waals surface area (Å²) in [6.45, 7) is 1.67. The van der Waals surface area contributed by atoms with E-state index in [1.165, 1.54) is 6.07 Å². The smallest absolute Gasteiger partial charge is 0.255 e. The second kappa shape index (κ2) is 8.21. The number of rotatable bonds is 5. The highest BCUT2D eigenvalue weighted by molar-refractivity contribution is 5.97. The molecule has 0 N–H and O–H groups in total. The summed E-state index contributed by atoms with van der Waals surface area (Å²) in [5, 5.41) is 7.65. The van der Waals surface area contributed by atoms with E-state index in [9.17, 15) is 9.18 Å². The first-order chi connectivity index (χ1) is 13.7. The standard InChI is InChI=1S/C21H21FN4O2/c22-18-8-2-4-10-20(18)28-13-16-6-5-11-25(12-16)21(27)17-7-1-3-9-19(17)26-14-23-24-15-26/h1-4,7-10,14-16H,5-6,11-13H2. The van der Waals surface area contributed by atoms with Crippen molar-refractivity contribution in [2.45, 2.75) is 12.8 Å².